The molecule has 0 spiro atoms. The standard InChI is InChI=1S/C18H22N2O5/c1-3-5-9-20-17(24)13-7-6-12(10-14(13)18(20)25)16(23)19(8-4-2)11-15(21)22/h6-7,10H,3-5,8-9,11H2,1-2H3,(H,21,22). The minimum atomic E-state index is -1.10. The van der Waals surface area contributed by atoms with Crippen LogP contribution in [-0.4, -0.2) is 58.2 Å². The second-order valence-electron chi connectivity index (χ2n) is 6.00. The van der Waals surface area contributed by atoms with Crippen molar-refractivity contribution in [2.45, 2.75) is 33.1 Å². The number of carbonyl (C=O) groups excluding carboxylic acids is 3. The summed E-state index contributed by atoms with van der Waals surface area (Å²) in [7, 11) is 0. The summed E-state index contributed by atoms with van der Waals surface area (Å²) in [6, 6.07) is 4.34. The number of amides is 3. The lowest BCUT2D eigenvalue weighted by atomic mass is 10.0. The van der Waals surface area contributed by atoms with Gasteiger partial charge in [-0.2, -0.15) is 0 Å². The Morgan fingerprint density at radius 3 is 2.36 bits per heavy atom. The maximum absolute atomic E-state index is 12.6. The highest BCUT2D eigenvalue weighted by molar-refractivity contribution is 6.22. The van der Waals surface area contributed by atoms with Gasteiger partial charge in [0.15, 0.2) is 0 Å². The number of hydrogen-bond donors (Lipinski definition) is 1. The van der Waals surface area contributed by atoms with Gasteiger partial charge < -0.3 is 10.0 Å². The molecule has 134 valence electrons. The number of rotatable bonds is 8. The van der Waals surface area contributed by atoms with Crippen molar-refractivity contribution in [2.75, 3.05) is 19.6 Å². The van der Waals surface area contributed by atoms with Crippen molar-refractivity contribution >= 4 is 23.7 Å². The lowest BCUT2D eigenvalue weighted by Gasteiger charge is -2.20. The van der Waals surface area contributed by atoms with E-state index < -0.39 is 24.3 Å². The van der Waals surface area contributed by atoms with Crippen LogP contribution in [-0.2, 0) is 4.79 Å². The predicted molar refractivity (Wildman–Crippen MR) is 90.5 cm³/mol. The van der Waals surface area contributed by atoms with Gasteiger partial charge >= 0.3 is 5.97 Å². The summed E-state index contributed by atoms with van der Waals surface area (Å²) >= 11 is 0. The zero-order chi connectivity index (χ0) is 18.6. The van der Waals surface area contributed by atoms with Gasteiger partial charge in [-0.05, 0) is 31.0 Å². The van der Waals surface area contributed by atoms with E-state index in [9.17, 15) is 19.2 Å². The number of unbranched alkanes of at least 4 members (excludes halogenated alkanes) is 1. The van der Waals surface area contributed by atoms with Crippen LogP contribution in [0.2, 0.25) is 0 Å². The van der Waals surface area contributed by atoms with Crippen LogP contribution in [0, 0.1) is 0 Å². The van der Waals surface area contributed by atoms with E-state index in [-0.39, 0.29) is 22.6 Å². The predicted octanol–water partition coefficient (Wildman–Crippen LogP) is 2.02. The summed E-state index contributed by atoms with van der Waals surface area (Å²) in [5.41, 5.74) is 0.712. The van der Waals surface area contributed by atoms with E-state index in [0.717, 1.165) is 12.8 Å². The molecule has 7 heteroatoms. The molecule has 0 radical (unpaired) electrons. The zero-order valence-electron chi connectivity index (χ0n) is 14.4. The molecule has 25 heavy (non-hydrogen) atoms. The molecule has 3 amide bonds. The Balaban J connectivity index is 2.28. The fourth-order valence-corrected chi connectivity index (χ4v) is 2.81. The van der Waals surface area contributed by atoms with Crippen LogP contribution < -0.4 is 0 Å². The highest BCUT2D eigenvalue weighted by Gasteiger charge is 2.35. The number of imide groups is 1. The number of carbonyl (C=O) groups is 4. The van der Waals surface area contributed by atoms with Crippen molar-refractivity contribution in [3.05, 3.63) is 34.9 Å². The largest absolute Gasteiger partial charge is 0.480 e. The first-order chi connectivity index (χ1) is 11.9. The van der Waals surface area contributed by atoms with Crippen LogP contribution in [0.1, 0.15) is 64.2 Å². The Morgan fingerprint density at radius 1 is 1.08 bits per heavy atom. The van der Waals surface area contributed by atoms with Gasteiger partial charge in [0.25, 0.3) is 17.7 Å². The Hall–Kier alpha value is -2.70. The summed E-state index contributed by atoms with van der Waals surface area (Å²) in [5, 5.41) is 8.96. The van der Waals surface area contributed by atoms with E-state index in [1.165, 1.54) is 28.0 Å². The summed E-state index contributed by atoms with van der Waals surface area (Å²) in [6.07, 6.45) is 2.20. The van der Waals surface area contributed by atoms with E-state index in [0.29, 0.717) is 19.5 Å². The summed E-state index contributed by atoms with van der Waals surface area (Å²) in [6.45, 7) is 4.07. The van der Waals surface area contributed by atoms with E-state index in [1.54, 1.807) is 0 Å². The fraction of sp³-hybridized carbons (Fsp3) is 0.444. The number of fused-ring (bicyclic) bond motifs is 1. The molecular weight excluding hydrogens is 324 g/mol. The molecule has 1 aromatic rings. The molecule has 0 aliphatic carbocycles. The van der Waals surface area contributed by atoms with Gasteiger partial charge in [-0.1, -0.05) is 20.3 Å². The second kappa shape index (κ2) is 7.92. The van der Waals surface area contributed by atoms with E-state index in [4.69, 9.17) is 5.11 Å². The van der Waals surface area contributed by atoms with Crippen LogP contribution in [0.15, 0.2) is 18.2 Å². The van der Waals surface area contributed by atoms with Crippen LogP contribution in [0.25, 0.3) is 0 Å². The molecule has 1 heterocycles. The molecule has 1 N–H and O–H groups in total. The number of carboxylic acid groups (broad SMARTS) is 1. The Labute approximate surface area is 146 Å². The fourth-order valence-electron chi connectivity index (χ4n) is 2.81. The summed E-state index contributed by atoms with van der Waals surface area (Å²) in [5.74, 6) is -2.30. The number of nitrogens with zero attached hydrogens (tertiary/aromatic N) is 2. The normalized spacial score (nSPS) is 13.1. The molecule has 0 unspecified atom stereocenters. The number of benzene rings is 1. The monoisotopic (exact) mass is 346 g/mol. The lowest BCUT2D eigenvalue weighted by Crippen LogP contribution is -2.36. The Morgan fingerprint density at radius 2 is 1.76 bits per heavy atom. The molecule has 1 aromatic carbocycles. The topological polar surface area (TPSA) is 95.0 Å². The summed E-state index contributed by atoms with van der Waals surface area (Å²) < 4.78 is 0. The average Bonchev–Trinajstić information content (AvgIpc) is 2.82. The molecule has 7 nitrogen and oxygen atoms in total. The number of carboxylic acids is 1. The van der Waals surface area contributed by atoms with Gasteiger partial charge in [0, 0.05) is 18.7 Å². The highest BCUT2D eigenvalue weighted by Crippen LogP contribution is 2.25. The van der Waals surface area contributed by atoms with Crippen LogP contribution >= 0.6 is 0 Å². The Kier molecular flexibility index (Phi) is 5.90. The maximum atomic E-state index is 12.6. The summed E-state index contributed by atoms with van der Waals surface area (Å²) in [4.78, 5) is 50.7. The van der Waals surface area contributed by atoms with E-state index in [1.807, 2.05) is 13.8 Å². The first-order valence-corrected chi connectivity index (χ1v) is 8.42. The van der Waals surface area contributed by atoms with Crippen molar-refractivity contribution in [1.82, 2.24) is 9.80 Å². The van der Waals surface area contributed by atoms with Crippen molar-refractivity contribution in [3.63, 3.8) is 0 Å². The van der Waals surface area contributed by atoms with Gasteiger partial charge in [0.2, 0.25) is 0 Å². The molecule has 0 fully saturated rings. The molecule has 2 rings (SSSR count). The molecule has 1 aliphatic heterocycles. The average molecular weight is 346 g/mol. The van der Waals surface area contributed by atoms with Crippen LogP contribution in [0.5, 0.6) is 0 Å². The third-order valence-electron chi connectivity index (χ3n) is 4.06. The molecule has 0 aromatic heterocycles. The van der Waals surface area contributed by atoms with Crippen molar-refractivity contribution in [1.29, 1.82) is 0 Å². The third-order valence-corrected chi connectivity index (χ3v) is 4.06. The van der Waals surface area contributed by atoms with Crippen molar-refractivity contribution < 1.29 is 24.3 Å². The highest BCUT2D eigenvalue weighted by atomic mass is 16.4. The molecule has 1 aliphatic rings. The SMILES string of the molecule is CCCCN1C(=O)c2ccc(C(=O)N(CCC)CC(=O)O)cc2C1=O. The third kappa shape index (κ3) is 3.87. The first kappa shape index (κ1) is 18.6. The lowest BCUT2D eigenvalue weighted by molar-refractivity contribution is -0.137. The van der Waals surface area contributed by atoms with Gasteiger partial charge in [-0.15, -0.1) is 0 Å². The van der Waals surface area contributed by atoms with Crippen molar-refractivity contribution in [2.24, 2.45) is 0 Å². The van der Waals surface area contributed by atoms with Gasteiger partial charge in [-0.25, -0.2) is 0 Å². The van der Waals surface area contributed by atoms with Crippen LogP contribution in [0.4, 0.5) is 0 Å². The first-order valence-electron chi connectivity index (χ1n) is 8.42. The minimum absolute atomic E-state index is 0.207. The maximum Gasteiger partial charge on any atom is 0.323 e. The number of hydrogen-bond acceptors (Lipinski definition) is 4. The quantitative estimate of drug-likeness (QED) is 0.727. The van der Waals surface area contributed by atoms with Gasteiger partial charge in [0.05, 0.1) is 11.1 Å². The van der Waals surface area contributed by atoms with Gasteiger partial charge in [0.1, 0.15) is 6.54 Å². The molecule has 0 saturated carbocycles. The van der Waals surface area contributed by atoms with Gasteiger partial charge in [-0.3, -0.25) is 24.1 Å². The smallest absolute Gasteiger partial charge is 0.323 e. The second-order valence-corrected chi connectivity index (χ2v) is 6.00. The molecule has 0 bridgehead atoms. The Bertz CT molecular complexity index is 713. The molecule has 0 saturated heterocycles. The molecular formula is C18H22N2O5. The number of aliphatic carboxylic acids is 1. The van der Waals surface area contributed by atoms with E-state index in [2.05, 4.69) is 0 Å². The van der Waals surface area contributed by atoms with E-state index >= 15 is 0 Å². The minimum Gasteiger partial charge on any atom is -0.480 e. The molecule has 0 atom stereocenters. The zero-order valence-corrected chi connectivity index (χ0v) is 14.4. The van der Waals surface area contributed by atoms with Crippen molar-refractivity contribution in [3.8, 4) is 0 Å². The van der Waals surface area contributed by atoms with Crippen LogP contribution in [0.3, 0.4) is 0 Å².